The van der Waals surface area contributed by atoms with Gasteiger partial charge in [-0.1, -0.05) is 34.6 Å². The molecule has 1 heterocycles. The van der Waals surface area contributed by atoms with Crippen LogP contribution < -0.4 is 0 Å². The molecule has 94 valence electrons. The van der Waals surface area contributed by atoms with Gasteiger partial charge in [0.15, 0.2) is 0 Å². The zero-order valence-corrected chi connectivity index (χ0v) is 11.2. The molecule has 0 aliphatic carbocycles. The van der Waals surface area contributed by atoms with Crippen molar-refractivity contribution < 1.29 is 9.90 Å². The van der Waals surface area contributed by atoms with Crippen molar-refractivity contribution >= 4 is 5.91 Å². The summed E-state index contributed by atoms with van der Waals surface area (Å²) < 4.78 is 0. The fourth-order valence-electron chi connectivity index (χ4n) is 2.12. The van der Waals surface area contributed by atoms with Gasteiger partial charge in [-0.25, -0.2) is 0 Å². The van der Waals surface area contributed by atoms with Crippen LogP contribution in [0.1, 0.15) is 41.0 Å². The lowest BCUT2D eigenvalue weighted by atomic mass is 9.78. The van der Waals surface area contributed by atoms with Gasteiger partial charge in [-0.3, -0.25) is 4.79 Å². The Morgan fingerprint density at radius 2 is 1.88 bits per heavy atom. The first-order valence-electron chi connectivity index (χ1n) is 6.25. The molecule has 2 atom stereocenters. The monoisotopic (exact) mass is 227 g/mol. The summed E-state index contributed by atoms with van der Waals surface area (Å²) >= 11 is 0. The molecule has 1 aliphatic heterocycles. The molecule has 1 aliphatic rings. The number of likely N-dealkylation sites (tertiary alicyclic amines) is 1. The topological polar surface area (TPSA) is 40.5 Å². The van der Waals surface area contributed by atoms with E-state index in [1.165, 1.54) is 0 Å². The Morgan fingerprint density at radius 3 is 2.25 bits per heavy atom. The summed E-state index contributed by atoms with van der Waals surface area (Å²) in [6, 6.07) is 0. The molecule has 1 saturated heterocycles. The molecule has 3 heteroatoms. The summed E-state index contributed by atoms with van der Waals surface area (Å²) in [5.74, 6) is 0.472. The highest BCUT2D eigenvalue weighted by molar-refractivity contribution is 5.81. The van der Waals surface area contributed by atoms with Crippen LogP contribution in [0.5, 0.6) is 0 Å². The predicted octanol–water partition coefficient (Wildman–Crippen LogP) is 1.90. The SMILES string of the molecule is CC(C)[C@@H](O)C(=O)N1CC[C@](C)(C(C)C)C1. The quantitative estimate of drug-likeness (QED) is 0.800. The molecule has 1 N–H and O–H groups in total. The van der Waals surface area contributed by atoms with Crippen molar-refractivity contribution in [2.75, 3.05) is 13.1 Å². The Hall–Kier alpha value is -0.570. The van der Waals surface area contributed by atoms with E-state index >= 15 is 0 Å². The van der Waals surface area contributed by atoms with Crippen molar-refractivity contribution in [1.82, 2.24) is 4.90 Å². The summed E-state index contributed by atoms with van der Waals surface area (Å²) in [7, 11) is 0. The molecule has 0 saturated carbocycles. The number of aliphatic hydroxyl groups excluding tert-OH is 1. The Bertz CT molecular complexity index is 263. The van der Waals surface area contributed by atoms with E-state index in [0.29, 0.717) is 5.92 Å². The van der Waals surface area contributed by atoms with Crippen LogP contribution in [0.15, 0.2) is 0 Å². The molecule has 0 bridgehead atoms. The fraction of sp³-hybridized carbons (Fsp3) is 0.923. The van der Waals surface area contributed by atoms with Crippen LogP contribution in [0.2, 0.25) is 0 Å². The van der Waals surface area contributed by atoms with E-state index < -0.39 is 6.10 Å². The highest BCUT2D eigenvalue weighted by atomic mass is 16.3. The number of aliphatic hydroxyl groups is 1. The molecule has 16 heavy (non-hydrogen) atoms. The second-order valence-electron chi connectivity index (χ2n) is 6.01. The van der Waals surface area contributed by atoms with Gasteiger partial charge >= 0.3 is 0 Å². The van der Waals surface area contributed by atoms with Crippen molar-refractivity contribution in [2.45, 2.75) is 47.1 Å². The van der Waals surface area contributed by atoms with E-state index in [9.17, 15) is 9.90 Å². The highest BCUT2D eigenvalue weighted by Crippen LogP contribution is 2.37. The number of hydrogen-bond acceptors (Lipinski definition) is 2. The molecule has 0 aromatic rings. The third kappa shape index (κ3) is 2.57. The van der Waals surface area contributed by atoms with Crippen LogP contribution in [-0.4, -0.2) is 35.1 Å². The first kappa shape index (κ1) is 13.5. The standard InChI is InChI=1S/C13H25NO2/c1-9(2)11(15)12(16)14-7-6-13(5,8-14)10(3)4/h9-11,15H,6-8H2,1-5H3/t11-,13+/m1/s1. The molecule has 0 aromatic heterocycles. The van der Waals surface area contributed by atoms with Gasteiger partial charge in [0.1, 0.15) is 6.10 Å². The van der Waals surface area contributed by atoms with E-state index in [1.54, 1.807) is 0 Å². The maximum atomic E-state index is 12.0. The van der Waals surface area contributed by atoms with Gasteiger partial charge in [0.2, 0.25) is 0 Å². The average Bonchev–Trinajstić information content (AvgIpc) is 2.60. The van der Waals surface area contributed by atoms with Crippen molar-refractivity contribution in [3.63, 3.8) is 0 Å². The normalized spacial score (nSPS) is 27.9. The van der Waals surface area contributed by atoms with Crippen LogP contribution in [0.25, 0.3) is 0 Å². The second kappa shape index (κ2) is 4.74. The number of carbonyl (C=O) groups is 1. The molecule has 0 spiro atoms. The zero-order valence-electron chi connectivity index (χ0n) is 11.2. The van der Waals surface area contributed by atoms with Crippen LogP contribution in [0, 0.1) is 17.3 Å². The minimum Gasteiger partial charge on any atom is -0.383 e. The lowest BCUT2D eigenvalue weighted by molar-refractivity contribution is -0.141. The Balaban J connectivity index is 2.63. The summed E-state index contributed by atoms with van der Waals surface area (Å²) in [6.45, 7) is 12.0. The fourth-order valence-corrected chi connectivity index (χ4v) is 2.12. The summed E-state index contributed by atoms with van der Waals surface area (Å²) in [5, 5.41) is 9.77. The molecular weight excluding hydrogens is 202 g/mol. The number of carbonyl (C=O) groups excluding carboxylic acids is 1. The molecule has 0 aromatic carbocycles. The van der Waals surface area contributed by atoms with Crippen LogP contribution in [0.4, 0.5) is 0 Å². The van der Waals surface area contributed by atoms with Gasteiger partial charge < -0.3 is 10.0 Å². The maximum absolute atomic E-state index is 12.0. The highest BCUT2D eigenvalue weighted by Gasteiger charge is 2.39. The molecule has 0 radical (unpaired) electrons. The van der Waals surface area contributed by atoms with E-state index in [0.717, 1.165) is 19.5 Å². The van der Waals surface area contributed by atoms with E-state index in [1.807, 2.05) is 18.7 Å². The van der Waals surface area contributed by atoms with Gasteiger partial charge in [0.25, 0.3) is 5.91 Å². The minimum absolute atomic E-state index is 0.00148. The average molecular weight is 227 g/mol. The number of amides is 1. The molecule has 1 fully saturated rings. The van der Waals surface area contributed by atoms with Gasteiger partial charge in [0.05, 0.1) is 0 Å². The lowest BCUT2D eigenvalue weighted by Crippen LogP contribution is -2.41. The van der Waals surface area contributed by atoms with Crippen molar-refractivity contribution in [1.29, 1.82) is 0 Å². The predicted molar refractivity (Wildman–Crippen MR) is 65.0 cm³/mol. The first-order valence-corrected chi connectivity index (χ1v) is 6.25. The van der Waals surface area contributed by atoms with E-state index in [4.69, 9.17) is 0 Å². The molecule has 1 amide bonds. The third-order valence-electron chi connectivity index (χ3n) is 4.09. The molecule has 1 rings (SSSR count). The third-order valence-corrected chi connectivity index (χ3v) is 4.09. The smallest absolute Gasteiger partial charge is 0.251 e. The van der Waals surface area contributed by atoms with Crippen molar-refractivity contribution in [3.8, 4) is 0 Å². The van der Waals surface area contributed by atoms with Crippen LogP contribution in [-0.2, 0) is 4.79 Å². The van der Waals surface area contributed by atoms with Crippen molar-refractivity contribution in [2.24, 2.45) is 17.3 Å². The molecular formula is C13H25NO2. The summed E-state index contributed by atoms with van der Waals surface area (Å²) in [6.07, 6.45) is 0.204. The summed E-state index contributed by atoms with van der Waals surface area (Å²) in [5.41, 5.74) is 0.215. The van der Waals surface area contributed by atoms with Gasteiger partial charge in [-0.2, -0.15) is 0 Å². The molecule has 0 unspecified atom stereocenters. The zero-order chi connectivity index (χ0) is 12.5. The van der Waals surface area contributed by atoms with Gasteiger partial charge in [0, 0.05) is 13.1 Å². The maximum Gasteiger partial charge on any atom is 0.251 e. The van der Waals surface area contributed by atoms with Gasteiger partial charge in [-0.05, 0) is 23.7 Å². The van der Waals surface area contributed by atoms with E-state index in [-0.39, 0.29) is 17.2 Å². The van der Waals surface area contributed by atoms with Crippen LogP contribution in [0.3, 0.4) is 0 Å². The number of hydrogen-bond donors (Lipinski definition) is 1. The molecule has 3 nitrogen and oxygen atoms in total. The Labute approximate surface area is 98.8 Å². The Morgan fingerprint density at radius 1 is 1.31 bits per heavy atom. The Kier molecular flexibility index (Phi) is 4.00. The van der Waals surface area contributed by atoms with Gasteiger partial charge in [-0.15, -0.1) is 0 Å². The number of rotatable bonds is 3. The first-order chi connectivity index (χ1) is 7.28. The van der Waals surface area contributed by atoms with Crippen LogP contribution >= 0.6 is 0 Å². The number of nitrogens with zero attached hydrogens (tertiary/aromatic N) is 1. The van der Waals surface area contributed by atoms with Crippen molar-refractivity contribution in [3.05, 3.63) is 0 Å². The minimum atomic E-state index is -0.838. The second-order valence-corrected chi connectivity index (χ2v) is 6.01. The van der Waals surface area contributed by atoms with E-state index in [2.05, 4.69) is 20.8 Å². The largest absolute Gasteiger partial charge is 0.383 e. The summed E-state index contributed by atoms with van der Waals surface area (Å²) in [4.78, 5) is 13.8. The lowest BCUT2D eigenvalue weighted by Gasteiger charge is -2.29.